The summed E-state index contributed by atoms with van der Waals surface area (Å²) in [6.45, 7) is 2.98. The first-order valence-corrected chi connectivity index (χ1v) is 9.84. The largest absolute Gasteiger partial charge is 0.335 e. The van der Waals surface area contributed by atoms with E-state index < -0.39 is 10.0 Å². The molecule has 126 valence electrons. The molecule has 0 radical (unpaired) electrons. The molecule has 7 heteroatoms. The van der Waals surface area contributed by atoms with Gasteiger partial charge in [-0.1, -0.05) is 18.2 Å². The average molecular weight is 337 g/mol. The second-order valence-electron chi connectivity index (χ2n) is 6.44. The lowest BCUT2D eigenvalue weighted by atomic mass is 10.1. The first-order chi connectivity index (χ1) is 10.9. The molecule has 2 heterocycles. The van der Waals surface area contributed by atoms with Crippen molar-refractivity contribution in [2.75, 3.05) is 24.2 Å². The van der Waals surface area contributed by atoms with E-state index in [0.29, 0.717) is 25.9 Å². The molecular formula is C16H23N3O3S. The molecule has 0 aromatic heterocycles. The number of hydrogen-bond donors (Lipinski definition) is 1. The second kappa shape index (κ2) is 6.13. The third kappa shape index (κ3) is 3.35. The SMILES string of the molecule is C[C@H]1Cc2ccccc2N1C(=O)NC1CCN(S(C)(=O)=O)CC1. The van der Waals surface area contributed by atoms with Gasteiger partial charge >= 0.3 is 6.03 Å². The third-order valence-corrected chi connectivity index (χ3v) is 5.98. The monoisotopic (exact) mass is 337 g/mol. The Morgan fingerprint density at radius 2 is 1.87 bits per heavy atom. The summed E-state index contributed by atoms with van der Waals surface area (Å²) < 4.78 is 24.5. The lowest BCUT2D eigenvalue weighted by Crippen LogP contribution is -2.51. The van der Waals surface area contributed by atoms with Crippen LogP contribution in [0.4, 0.5) is 10.5 Å². The zero-order chi connectivity index (χ0) is 16.6. The van der Waals surface area contributed by atoms with Crippen molar-refractivity contribution < 1.29 is 13.2 Å². The van der Waals surface area contributed by atoms with E-state index in [1.807, 2.05) is 30.0 Å². The topological polar surface area (TPSA) is 69.7 Å². The van der Waals surface area contributed by atoms with E-state index >= 15 is 0 Å². The summed E-state index contributed by atoms with van der Waals surface area (Å²) in [5.41, 5.74) is 2.17. The van der Waals surface area contributed by atoms with Crippen LogP contribution in [0.25, 0.3) is 0 Å². The summed E-state index contributed by atoms with van der Waals surface area (Å²) >= 11 is 0. The number of para-hydroxylation sites is 1. The van der Waals surface area contributed by atoms with E-state index in [0.717, 1.165) is 12.1 Å². The molecule has 2 aliphatic rings. The Morgan fingerprint density at radius 3 is 2.52 bits per heavy atom. The van der Waals surface area contributed by atoms with Gasteiger partial charge in [-0.3, -0.25) is 4.90 Å². The number of hydrogen-bond acceptors (Lipinski definition) is 3. The van der Waals surface area contributed by atoms with Gasteiger partial charge in [-0.15, -0.1) is 0 Å². The van der Waals surface area contributed by atoms with Crippen molar-refractivity contribution in [3.8, 4) is 0 Å². The molecule has 23 heavy (non-hydrogen) atoms. The van der Waals surface area contributed by atoms with E-state index in [4.69, 9.17) is 0 Å². The van der Waals surface area contributed by atoms with Gasteiger partial charge in [-0.25, -0.2) is 17.5 Å². The van der Waals surface area contributed by atoms with Crippen LogP contribution in [0.1, 0.15) is 25.3 Å². The maximum absolute atomic E-state index is 12.6. The molecule has 1 aromatic carbocycles. The van der Waals surface area contributed by atoms with E-state index in [2.05, 4.69) is 11.4 Å². The van der Waals surface area contributed by atoms with Crippen molar-refractivity contribution in [1.29, 1.82) is 0 Å². The first kappa shape index (κ1) is 16.3. The smallest absolute Gasteiger partial charge is 0.322 e. The van der Waals surface area contributed by atoms with Gasteiger partial charge in [0, 0.05) is 30.9 Å². The number of nitrogens with zero attached hydrogens (tertiary/aromatic N) is 2. The molecule has 0 unspecified atom stereocenters. The maximum Gasteiger partial charge on any atom is 0.322 e. The van der Waals surface area contributed by atoms with E-state index in [1.54, 1.807) is 0 Å². The molecule has 2 aliphatic heterocycles. The number of amides is 2. The highest BCUT2D eigenvalue weighted by Gasteiger charge is 2.33. The number of urea groups is 1. The molecule has 0 bridgehead atoms. The Balaban J connectivity index is 1.63. The van der Waals surface area contributed by atoms with Gasteiger partial charge in [-0.2, -0.15) is 0 Å². The molecule has 1 saturated heterocycles. The standard InChI is InChI=1S/C16H23N3O3S/c1-12-11-13-5-3-4-6-15(13)19(12)16(20)17-14-7-9-18(10-8-14)23(2,21)22/h3-6,12,14H,7-11H2,1-2H3,(H,17,20)/t12-/m0/s1. The Kier molecular flexibility index (Phi) is 4.33. The van der Waals surface area contributed by atoms with Crippen LogP contribution in [-0.2, 0) is 16.4 Å². The number of anilines is 1. The predicted molar refractivity (Wildman–Crippen MR) is 90.1 cm³/mol. The van der Waals surface area contributed by atoms with Crippen molar-refractivity contribution in [2.24, 2.45) is 0 Å². The molecule has 2 amide bonds. The van der Waals surface area contributed by atoms with Gasteiger partial charge < -0.3 is 5.32 Å². The predicted octanol–water partition coefficient (Wildman–Crippen LogP) is 1.57. The highest BCUT2D eigenvalue weighted by molar-refractivity contribution is 7.88. The minimum atomic E-state index is -3.13. The van der Waals surface area contributed by atoms with Crippen molar-refractivity contribution in [3.63, 3.8) is 0 Å². The highest BCUT2D eigenvalue weighted by Crippen LogP contribution is 2.31. The Morgan fingerprint density at radius 1 is 1.22 bits per heavy atom. The molecule has 0 saturated carbocycles. The van der Waals surface area contributed by atoms with Crippen LogP contribution in [0.3, 0.4) is 0 Å². The van der Waals surface area contributed by atoms with E-state index in [1.165, 1.54) is 16.1 Å². The summed E-state index contributed by atoms with van der Waals surface area (Å²) in [4.78, 5) is 14.5. The summed E-state index contributed by atoms with van der Waals surface area (Å²) in [5.74, 6) is 0. The number of rotatable bonds is 2. The second-order valence-corrected chi connectivity index (χ2v) is 8.42. The van der Waals surface area contributed by atoms with Gasteiger partial charge in [-0.05, 0) is 37.8 Å². The Bertz CT molecular complexity index is 696. The van der Waals surface area contributed by atoms with Gasteiger partial charge in [0.25, 0.3) is 0 Å². The normalized spacial score (nSPS) is 22.9. The number of benzene rings is 1. The number of piperidine rings is 1. The molecule has 1 atom stereocenters. The number of carbonyl (C=O) groups excluding carboxylic acids is 1. The Hall–Kier alpha value is -1.60. The zero-order valence-electron chi connectivity index (χ0n) is 13.5. The van der Waals surface area contributed by atoms with Crippen molar-refractivity contribution >= 4 is 21.7 Å². The summed E-state index contributed by atoms with van der Waals surface area (Å²) in [6, 6.07) is 8.06. The average Bonchev–Trinajstić information content (AvgIpc) is 2.82. The summed E-state index contributed by atoms with van der Waals surface area (Å²) in [6.07, 6.45) is 3.41. The van der Waals surface area contributed by atoms with Crippen LogP contribution in [0.15, 0.2) is 24.3 Å². The maximum atomic E-state index is 12.6. The fourth-order valence-corrected chi connectivity index (χ4v) is 4.33. The number of carbonyl (C=O) groups is 1. The summed E-state index contributed by atoms with van der Waals surface area (Å²) in [5, 5.41) is 3.07. The van der Waals surface area contributed by atoms with Crippen molar-refractivity contribution in [1.82, 2.24) is 9.62 Å². The first-order valence-electron chi connectivity index (χ1n) is 7.99. The van der Waals surface area contributed by atoms with Gasteiger partial charge in [0.05, 0.1) is 6.26 Å². The fourth-order valence-electron chi connectivity index (χ4n) is 3.45. The Labute approximate surface area is 137 Å². The fraction of sp³-hybridized carbons (Fsp3) is 0.562. The lowest BCUT2D eigenvalue weighted by Gasteiger charge is -2.32. The quantitative estimate of drug-likeness (QED) is 0.890. The minimum absolute atomic E-state index is 0.0282. The molecule has 1 aromatic rings. The molecule has 6 nitrogen and oxygen atoms in total. The number of sulfonamides is 1. The molecule has 1 N–H and O–H groups in total. The van der Waals surface area contributed by atoms with Crippen LogP contribution in [0.2, 0.25) is 0 Å². The highest BCUT2D eigenvalue weighted by atomic mass is 32.2. The van der Waals surface area contributed by atoms with Gasteiger partial charge in [0.1, 0.15) is 0 Å². The van der Waals surface area contributed by atoms with Crippen LogP contribution in [0.5, 0.6) is 0 Å². The molecular weight excluding hydrogens is 314 g/mol. The summed E-state index contributed by atoms with van der Waals surface area (Å²) in [7, 11) is -3.13. The van der Waals surface area contributed by atoms with Gasteiger partial charge in [0.2, 0.25) is 10.0 Å². The van der Waals surface area contributed by atoms with Crippen LogP contribution < -0.4 is 10.2 Å². The molecule has 3 rings (SSSR count). The van der Waals surface area contributed by atoms with Crippen molar-refractivity contribution in [3.05, 3.63) is 29.8 Å². The molecule has 0 spiro atoms. The third-order valence-electron chi connectivity index (χ3n) is 4.68. The zero-order valence-corrected chi connectivity index (χ0v) is 14.3. The number of fused-ring (bicyclic) bond motifs is 1. The van der Waals surface area contributed by atoms with E-state index in [9.17, 15) is 13.2 Å². The molecule has 0 aliphatic carbocycles. The lowest BCUT2D eigenvalue weighted by molar-refractivity contribution is 0.232. The minimum Gasteiger partial charge on any atom is -0.335 e. The van der Waals surface area contributed by atoms with Crippen LogP contribution in [0, 0.1) is 0 Å². The number of nitrogens with one attached hydrogen (secondary N) is 1. The van der Waals surface area contributed by atoms with Gasteiger partial charge in [0.15, 0.2) is 0 Å². The molecule has 1 fully saturated rings. The van der Waals surface area contributed by atoms with E-state index in [-0.39, 0.29) is 18.1 Å². The van der Waals surface area contributed by atoms with Crippen LogP contribution >= 0.6 is 0 Å². The van der Waals surface area contributed by atoms with Crippen LogP contribution in [-0.4, -0.2) is 50.2 Å². The van der Waals surface area contributed by atoms with Crippen molar-refractivity contribution in [2.45, 2.75) is 38.3 Å².